The topological polar surface area (TPSA) is 123 Å². The minimum Gasteiger partial charge on any atom is -0.420 e. The molecule has 1 atom stereocenters. The summed E-state index contributed by atoms with van der Waals surface area (Å²) in [5.74, 6) is -1.57. The molecule has 0 aliphatic rings. The van der Waals surface area contributed by atoms with Crippen LogP contribution in [0.15, 0.2) is 47.5 Å². The van der Waals surface area contributed by atoms with Gasteiger partial charge in [0.05, 0.1) is 28.8 Å². The zero-order valence-corrected chi connectivity index (χ0v) is 22.3. The number of aliphatic hydroxyl groups is 1. The summed E-state index contributed by atoms with van der Waals surface area (Å²) in [6, 6.07) is 6.82. The van der Waals surface area contributed by atoms with Gasteiger partial charge < -0.3 is 15.2 Å². The maximum Gasteiger partial charge on any atom is 0.421 e. The lowest BCUT2D eigenvalue weighted by atomic mass is 10.1. The minimum atomic E-state index is -4.72. The van der Waals surface area contributed by atoms with Gasteiger partial charge in [0.25, 0.3) is 5.91 Å². The number of rotatable bonds is 8. The van der Waals surface area contributed by atoms with Crippen molar-refractivity contribution in [2.75, 3.05) is 12.4 Å². The summed E-state index contributed by atoms with van der Waals surface area (Å²) < 4.78 is 71.6. The Morgan fingerprint density at radius 1 is 1.16 bits per heavy atom. The molecule has 0 bridgehead atoms. The van der Waals surface area contributed by atoms with Crippen molar-refractivity contribution >= 4 is 15.7 Å². The van der Waals surface area contributed by atoms with E-state index < -0.39 is 51.6 Å². The van der Waals surface area contributed by atoms with E-state index in [0.29, 0.717) is 5.56 Å². The molecule has 1 aromatic carbocycles. The third-order valence-corrected chi connectivity index (χ3v) is 7.45. The average Bonchev–Trinajstić information content (AvgIpc) is 3.18. The number of halogens is 3. The fourth-order valence-corrected chi connectivity index (χ4v) is 4.47. The lowest BCUT2D eigenvalue weighted by molar-refractivity contribution is -0.138. The van der Waals surface area contributed by atoms with Crippen molar-refractivity contribution in [3.63, 3.8) is 0 Å². The molecule has 0 aliphatic carbocycles. The SMILES string of the molecule is CCS(=O)(=O)c1ccc(C(CO)NC(=O)c2nn(C(C)(C)C)c(Oc3ncccc3C(F)(F)F)c2C)cc1. The number of nitrogens with one attached hydrogen (secondary N) is 1. The summed E-state index contributed by atoms with van der Waals surface area (Å²) in [5, 5.41) is 16.9. The predicted octanol–water partition coefficient (Wildman–Crippen LogP) is 4.41. The van der Waals surface area contributed by atoms with E-state index in [9.17, 15) is 31.5 Å². The molecule has 3 aromatic rings. The first-order chi connectivity index (χ1) is 17.6. The molecule has 2 N–H and O–H groups in total. The molecule has 206 valence electrons. The lowest BCUT2D eigenvalue weighted by Gasteiger charge is -2.22. The average molecular weight is 555 g/mol. The Bertz CT molecular complexity index is 1410. The quantitative estimate of drug-likeness (QED) is 0.423. The summed E-state index contributed by atoms with van der Waals surface area (Å²) in [5.41, 5.74) is -1.38. The van der Waals surface area contributed by atoms with Crippen LogP contribution >= 0.6 is 0 Å². The maximum atomic E-state index is 13.5. The van der Waals surface area contributed by atoms with Crippen LogP contribution in [-0.4, -0.2) is 46.6 Å². The molecule has 3 rings (SSSR count). The maximum absolute atomic E-state index is 13.5. The van der Waals surface area contributed by atoms with Crippen molar-refractivity contribution in [1.82, 2.24) is 20.1 Å². The number of nitrogens with zero attached hydrogens (tertiary/aromatic N) is 3. The molecule has 0 radical (unpaired) electrons. The molecule has 0 saturated heterocycles. The van der Waals surface area contributed by atoms with E-state index in [2.05, 4.69) is 15.4 Å². The highest BCUT2D eigenvalue weighted by Crippen LogP contribution is 2.38. The molecule has 13 heteroatoms. The van der Waals surface area contributed by atoms with Crippen LogP contribution in [-0.2, 0) is 21.6 Å². The molecular formula is C25H29F3N4O5S. The van der Waals surface area contributed by atoms with Gasteiger partial charge >= 0.3 is 6.18 Å². The highest BCUT2D eigenvalue weighted by Gasteiger charge is 2.37. The van der Waals surface area contributed by atoms with Gasteiger partial charge in [-0.05, 0) is 57.5 Å². The van der Waals surface area contributed by atoms with Crippen LogP contribution in [0.4, 0.5) is 13.2 Å². The molecule has 1 amide bonds. The number of carbonyl (C=O) groups excluding carboxylic acids is 1. The van der Waals surface area contributed by atoms with Crippen molar-refractivity contribution in [1.29, 1.82) is 0 Å². The van der Waals surface area contributed by atoms with Crippen LogP contribution in [0.3, 0.4) is 0 Å². The molecule has 9 nitrogen and oxygen atoms in total. The number of ether oxygens (including phenoxy) is 1. The van der Waals surface area contributed by atoms with Gasteiger partial charge in [-0.2, -0.15) is 18.3 Å². The van der Waals surface area contributed by atoms with Crippen molar-refractivity contribution < 1.29 is 36.2 Å². The second-order valence-corrected chi connectivity index (χ2v) is 11.8. The number of hydrogen-bond donors (Lipinski definition) is 2. The first-order valence-electron chi connectivity index (χ1n) is 11.6. The van der Waals surface area contributed by atoms with E-state index in [0.717, 1.165) is 18.3 Å². The number of carbonyl (C=O) groups is 1. The molecule has 0 spiro atoms. The van der Waals surface area contributed by atoms with Crippen LogP contribution in [0.5, 0.6) is 11.8 Å². The van der Waals surface area contributed by atoms with Crippen LogP contribution in [0, 0.1) is 6.92 Å². The Kier molecular flexibility index (Phi) is 8.22. The number of alkyl halides is 3. The molecule has 0 fully saturated rings. The fraction of sp³-hybridized carbons (Fsp3) is 0.400. The molecular weight excluding hydrogens is 525 g/mol. The summed E-state index contributed by atoms with van der Waals surface area (Å²) in [6.07, 6.45) is -3.56. The van der Waals surface area contributed by atoms with Gasteiger partial charge in [-0.1, -0.05) is 19.1 Å². The smallest absolute Gasteiger partial charge is 0.420 e. The number of benzene rings is 1. The second kappa shape index (κ2) is 10.7. The van der Waals surface area contributed by atoms with Gasteiger partial charge in [-0.25, -0.2) is 18.1 Å². The molecule has 38 heavy (non-hydrogen) atoms. The van der Waals surface area contributed by atoms with Crippen molar-refractivity contribution in [3.8, 4) is 11.8 Å². The second-order valence-electron chi connectivity index (χ2n) is 9.50. The molecule has 0 aliphatic heterocycles. The first kappa shape index (κ1) is 29.1. The number of pyridine rings is 1. The van der Waals surface area contributed by atoms with Gasteiger partial charge in [-0.3, -0.25) is 4.79 Å². The third kappa shape index (κ3) is 6.16. The van der Waals surface area contributed by atoms with Crippen molar-refractivity contribution in [2.45, 2.75) is 57.3 Å². The summed E-state index contributed by atoms with van der Waals surface area (Å²) in [6.45, 7) is 7.71. The normalized spacial score (nSPS) is 13.3. The Morgan fingerprint density at radius 2 is 1.79 bits per heavy atom. The molecule has 2 aromatic heterocycles. The Morgan fingerprint density at radius 3 is 2.32 bits per heavy atom. The van der Waals surface area contributed by atoms with Gasteiger partial charge in [0, 0.05) is 11.8 Å². The van der Waals surface area contributed by atoms with Crippen LogP contribution in [0.25, 0.3) is 0 Å². The van der Waals surface area contributed by atoms with Gasteiger partial charge in [0.1, 0.15) is 5.56 Å². The van der Waals surface area contributed by atoms with Crippen LogP contribution in [0.1, 0.15) is 60.9 Å². The monoisotopic (exact) mass is 554 g/mol. The van der Waals surface area contributed by atoms with Gasteiger partial charge in [-0.15, -0.1) is 0 Å². The molecule has 0 saturated carbocycles. The molecule has 1 unspecified atom stereocenters. The Labute approximate surface area is 218 Å². The largest absolute Gasteiger partial charge is 0.421 e. The standard InChI is InChI=1S/C25H29F3N4O5S/c1-6-38(35,36)17-11-9-16(10-12-17)19(14-33)30-21(34)20-15(2)23(32(31-20)24(3,4)5)37-22-18(25(26,27)28)8-7-13-29-22/h7-13,19,33H,6,14H2,1-5H3,(H,30,34). The van der Waals surface area contributed by atoms with Crippen molar-refractivity contribution in [2.24, 2.45) is 0 Å². The van der Waals surface area contributed by atoms with Gasteiger partial charge in [0.2, 0.25) is 11.8 Å². The Hall–Kier alpha value is -3.45. The number of sulfone groups is 1. The number of amides is 1. The summed E-state index contributed by atoms with van der Waals surface area (Å²) in [7, 11) is -3.43. The van der Waals surface area contributed by atoms with Crippen molar-refractivity contribution in [3.05, 3.63) is 65.0 Å². The van der Waals surface area contributed by atoms with E-state index in [-0.39, 0.29) is 27.8 Å². The van der Waals surface area contributed by atoms with E-state index >= 15 is 0 Å². The van der Waals surface area contributed by atoms with E-state index in [1.807, 2.05) is 0 Å². The van der Waals surface area contributed by atoms with Gasteiger partial charge in [0.15, 0.2) is 15.5 Å². The van der Waals surface area contributed by atoms with Crippen LogP contribution < -0.4 is 10.1 Å². The number of aliphatic hydroxyl groups excluding tert-OH is 1. The van der Waals surface area contributed by atoms with Crippen LogP contribution in [0.2, 0.25) is 0 Å². The summed E-state index contributed by atoms with van der Waals surface area (Å²) >= 11 is 0. The number of hydrogen-bond acceptors (Lipinski definition) is 7. The fourth-order valence-electron chi connectivity index (χ4n) is 3.59. The number of aromatic nitrogens is 3. The zero-order valence-electron chi connectivity index (χ0n) is 21.5. The van der Waals surface area contributed by atoms with E-state index in [4.69, 9.17) is 4.74 Å². The first-order valence-corrected chi connectivity index (χ1v) is 13.3. The lowest BCUT2D eigenvalue weighted by Crippen LogP contribution is -2.32. The molecule has 2 heterocycles. The minimum absolute atomic E-state index is 0.0738. The summed E-state index contributed by atoms with van der Waals surface area (Å²) in [4.78, 5) is 17.0. The third-order valence-electron chi connectivity index (χ3n) is 5.70. The Balaban J connectivity index is 1.96. The highest BCUT2D eigenvalue weighted by atomic mass is 32.2. The van der Waals surface area contributed by atoms with E-state index in [1.54, 1.807) is 20.8 Å². The highest BCUT2D eigenvalue weighted by molar-refractivity contribution is 7.91. The zero-order chi connectivity index (χ0) is 28.5. The van der Waals surface area contributed by atoms with E-state index in [1.165, 1.54) is 42.8 Å². The predicted molar refractivity (Wildman–Crippen MR) is 133 cm³/mol.